The lowest BCUT2D eigenvalue weighted by molar-refractivity contribution is 0.233. The highest BCUT2D eigenvalue weighted by atomic mass is 79.9. The maximum atomic E-state index is 5.96. The van der Waals surface area contributed by atoms with Crippen molar-refractivity contribution < 1.29 is 0 Å². The van der Waals surface area contributed by atoms with Crippen molar-refractivity contribution in [2.45, 2.75) is 39.0 Å². The Balaban J connectivity index is 1.99. The summed E-state index contributed by atoms with van der Waals surface area (Å²) in [6.45, 7) is 3.40. The van der Waals surface area contributed by atoms with Gasteiger partial charge in [0.15, 0.2) is 0 Å². The van der Waals surface area contributed by atoms with Gasteiger partial charge in [0.1, 0.15) is 0 Å². The highest BCUT2D eigenvalue weighted by molar-refractivity contribution is 9.10. The van der Waals surface area contributed by atoms with Gasteiger partial charge in [-0.15, -0.1) is 0 Å². The summed E-state index contributed by atoms with van der Waals surface area (Å²) in [4.78, 5) is 0. The normalized spacial score (nSPS) is 18.9. The Kier molecular flexibility index (Phi) is 3.97. The van der Waals surface area contributed by atoms with E-state index in [-0.39, 0.29) is 0 Å². The van der Waals surface area contributed by atoms with Gasteiger partial charge in [0, 0.05) is 11.0 Å². The molecule has 1 fully saturated rings. The molecule has 1 saturated carbocycles. The molecule has 1 aromatic rings. The summed E-state index contributed by atoms with van der Waals surface area (Å²) < 4.78 is 1.07. The van der Waals surface area contributed by atoms with Crippen LogP contribution in [0, 0.1) is 5.41 Å². The first-order valence-electron chi connectivity index (χ1n) is 6.38. The number of nitrogens with one attached hydrogen (secondary N) is 1. The Bertz CT molecular complexity index is 384. The second-order valence-corrected chi connectivity index (χ2v) is 6.37. The van der Waals surface area contributed by atoms with Crippen LogP contribution >= 0.6 is 15.9 Å². The van der Waals surface area contributed by atoms with E-state index in [1.165, 1.54) is 32.1 Å². The molecule has 0 bridgehead atoms. The number of hydrogen-bond donors (Lipinski definition) is 2. The number of nitrogen functional groups attached to an aromatic ring is 1. The molecule has 3 heteroatoms. The Labute approximate surface area is 112 Å². The second-order valence-electron chi connectivity index (χ2n) is 5.46. The molecule has 17 heavy (non-hydrogen) atoms. The molecule has 3 N–H and O–H groups in total. The molecule has 0 atom stereocenters. The second kappa shape index (κ2) is 5.30. The van der Waals surface area contributed by atoms with Gasteiger partial charge in [-0.1, -0.05) is 42.1 Å². The number of hydrogen-bond acceptors (Lipinski definition) is 2. The molecule has 1 aliphatic rings. The lowest BCUT2D eigenvalue weighted by Crippen LogP contribution is -2.29. The van der Waals surface area contributed by atoms with Gasteiger partial charge in [-0.3, -0.25) is 0 Å². The van der Waals surface area contributed by atoms with E-state index < -0.39 is 0 Å². The summed E-state index contributed by atoms with van der Waals surface area (Å²) in [6, 6.07) is 5.97. The van der Waals surface area contributed by atoms with Gasteiger partial charge < -0.3 is 11.1 Å². The fourth-order valence-corrected chi connectivity index (χ4v) is 2.93. The summed E-state index contributed by atoms with van der Waals surface area (Å²) in [6.07, 6.45) is 6.79. The van der Waals surface area contributed by atoms with Crippen LogP contribution in [0.15, 0.2) is 22.7 Å². The summed E-state index contributed by atoms with van der Waals surface area (Å²) >= 11 is 3.48. The van der Waals surface area contributed by atoms with Crippen molar-refractivity contribution >= 4 is 27.3 Å². The van der Waals surface area contributed by atoms with E-state index in [1.54, 1.807) is 0 Å². The molecule has 0 aliphatic heterocycles. The lowest BCUT2D eigenvalue weighted by atomic mass is 9.76. The van der Waals surface area contributed by atoms with Crippen molar-refractivity contribution in [3.8, 4) is 0 Å². The molecule has 0 amide bonds. The smallest absolute Gasteiger partial charge is 0.0585 e. The molecule has 1 aliphatic carbocycles. The van der Waals surface area contributed by atoms with Crippen molar-refractivity contribution in [2.75, 3.05) is 17.6 Å². The topological polar surface area (TPSA) is 38.0 Å². The maximum Gasteiger partial charge on any atom is 0.0585 e. The Hall–Kier alpha value is -0.700. The van der Waals surface area contributed by atoms with Gasteiger partial charge in [-0.25, -0.2) is 0 Å². The van der Waals surface area contributed by atoms with Crippen molar-refractivity contribution in [3.63, 3.8) is 0 Å². The molecular formula is C14H21BrN2. The average molecular weight is 297 g/mol. The van der Waals surface area contributed by atoms with Crippen LogP contribution in [0.2, 0.25) is 0 Å². The van der Waals surface area contributed by atoms with Crippen molar-refractivity contribution in [1.29, 1.82) is 0 Å². The van der Waals surface area contributed by atoms with Crippen molar-refractivity contribution in [2.24, 2.45) is 5.41 Å². The van der Waals surface area contributed by atoms with Gasteiger partial charge in [-0.05, 0) is 36.5 Å². The minimum absolute atomic E-state index is 0.438. The Morgan fingerprint density at radius 2 is 2.00 bits per heavy atom. The van der Waals surface area contributed by atoms with E-state index >= 15 is 0 Å². The first-order chi connectivity index (χ1) is 8.09. The SMILES string of the molecule is CC1(CNc2cc(Br)ccc2N)CCCCC1. The molecule has 0 spiro atoms. The molecule has 1 aromatic carbocycles. The van der Waals surface area contributed by atoms with Gasteiger partial charge >= 0.3 is 0 Å². The zero-order chi connectivity index (χ0) is 12.3. The predicted molar refractivity (Wildman–Crippen MR) is 78.2 cm³/mol. The Morgan fingerprint density at radius 3 is 2.71 bits per heavy atom. The third-order valence-electron chi connectivity index (χ3n) is 3.78. The number of anilines is 2. The standard InChI is InChI=1S/C14H21BrN2/c1-14(7-3-2-4-8-14)10-17-13-9-11(15)5-6-12(13)16/h5-6,9,17H,2-4,7-8,10,16H2,1H3. The third kappa shape index (κ3) is 3.38. The zero-order valence-electron chi connectivity index (χ0n) is 10.4. The third-order valence-corrected chi connectivity index (χ3v) is 4.27. The van der Waals surface area contributed by atoms with E-state index in [0.29, 0.717) is 5.41 Å². The van der Waals surface area contributed by atoms with Gasteiger partial charge in [0.25, 0.3) is 0 Å². The minimum atomic E-state index is 0.438. The fourth-order valence-electron chi connectivity index (χ4n) is 2.57. The highest BCUT2D eigenvalue weighted by Crippen LogP contribution is 2.36. The largest absolute Gasteiger partial charge is 0.397 e. The molecular weight excluding hydrogens is 276 g/mol. The van der Waals surface area contributed by atoms with Gasteiger partial charge in [0.2, 0.25) is 0 Å². The molecule has 0 unspecified atom stereocenters. The summed E-state index contributed by atoms with van der Waals surface area (Å²) in [5, 5.41) is 3.51. The maximum absolute atomic E-state index is 5.96. The first-order valence-corrected chi connectivity index (χ1v) is 7.17. The zero-order valence-corrected chi connectivity index (χ0v) is 12.0. The van der Waals surface area contributed by atoms with E-state index in [9.17, 15) is 0 Å². The molecule has 0 heterocycles. The predicted octanol–water partition coefficient (Wildman–Crippen LogP) is 4.41. The van der Waals surface area contributed by atoms with E-state index in [4.69, 9.17) is 5.73 Å². The minimum Gasteiger partial charge on any atom is -0.397 e. The first kappa shape index (κ1) is 12.7. The fraction of sp³-hybridized carbons (Fsp3) is 0.571. The van der Waals surface area contributed by atoms with E-state index in [2.05, 4.69) is 34.2 Å². The number of halogens is 1. The number of rotatable bonds is 3. The quantitative estimate of drug-likeness (QED) is 0.811. The molecule has 0 radical (unpaired) electrons. The molecule has 0 saturated heterocycles. The van der Waals surface area contributed by atoms with Crippen molar-refractivity contribution in [1.82, 2.24) is 0 Å². The monoisotopic (exact) mass is 296 g/mol. The Morgan fingerprint density at radius 1 is 1.29 bits per heavy atom. The van der Waals surface area contributed by atoms with Crippen LogP contribution < -0.4 is 11.1 Å². The molecule has 0 aromatic heterocycles. The lowest BCUT2D eigenvalue weighted by Gasteiger charge is -2.34. The van der Waals surface area contributed by atoms with Crippen LogP contribution in [0.25, 0.3) is 0 Å². The summed E-state index contributed by atoms with van der Waals surface area (Å²) in [7, 11) is 0. The van der Waals surface area contributed by atoms with Crippen LogP contribution in [-0.2, 0) is 0 Å². The van der Waals surface area contributed by atoms with E-state index in [1.807, 2.05) is 12.1 Å². The number of benzene rings is 1. The van der Waals surface area contributed by atoms with Crippen LogP contribution in [0.4, 0.5) is 11.4 Å². The van der Waals surface area contributed by atoms with E-state index in [0.717, 1.165) is 22.4 Å². The van der Waals surface area contributed by atoms with Gasteiger partial charge in [0.05, 0.1) is 11.4 Å². The van der Waals surface area contributed by atoms with Gasteiger partial charge in [-0.2, -0.15) is 0 Å². The average Bonchev–Trinajstić information content (AvgIpc) is 2.31. The molecule has 94 valence electrons. The summed E-state index contributed by atoms with van der Waals surface area (Å²) in [5.74, 6) is 0. The number of nitrogens with two attached hydrogens (primary N) is 1. The van der Waals surface area contributed by atoms with Crippen LogP contribution in [0.3, 0.4) is 0 Å². The van der Waals surface area contributed by atoms with Crippen LogP contribution in [0.5, 0.6) is 0 Å². The molecule has 2 nitrogen and oxygen atoms in total. The van der Waals surface area contributed by atoms with Crippen molar-refractivity contribution in [3.05, 3.63) is 22.7 Å². The summed E-state index contributed by atoms with van der Waals surface area (Å²) in [5.41, 5.74) is 8.28. The van der Waals surface area contributed by atoms with Crippen LogP contribution in [-0.4, -0.2) is 6.54 Å². The highest BCUT2D eigenvalue weighted by Gasteiger charge is 2.26. The molecule has 2 rings (SSSR count). The van der Waals surface area contributed by atoms with Crippen LogP contribution in [0.1, 0.15) is 39.0 Å².